The van der Waals surface area contributed by atoms with Crippen LogP contribution in [0.1, 0.15) is 10.4 Å². The fourth-order valence-corrected chi connectivity index (χ4v) is 2.13. The van der Waals surface area contributed by atoms with Gasteiger partial charge in [0.15, 0.2) is 5.58 Å². The van der Waals surface area contributed by atoms with Crippen LogP contribution in [0, 0.1) is 0 Å². The smallest absolute Gasteiger partial charge is 0.407 e. The van der Waals surface area contributed by atoms with Crippen molar-refractivity contribution in [3.63, 3.8) is 0 Å². The molecule has 0 amide bonds. The van der Waals surface area contributed by atoms with Gasteiger partial charge in [-0.05, 0) is 24.3 Å². The number of para-hydroxylation sites is 2. The molecule has 19 heavy (non-hydrogen) atoms. The highest BCUT2D eigenvalue weighted by Crippen LogP contribution is 2.18. The monoisotopic (exact) mass is 273 g/mol. The largest absolute Gasteiger partial charge is 0.427 e. The highest BCUT2D eigenvalue weighted by molar-refractivity contribution is 6.34. The van der Waals surface area contributed by atoms with Crippen molar-refractivity contribution in [3.05, 3.63) is 69.7 Å². The molecule has 0 saturated heterocycles. The summed E-state index contributed by atoms with van der Waals surface area (Å²) in [4.78, 5) is 24.2. The molecule has 2 aromatic carbocycles. The summed E-state index contributed by atoms with van der Waals surface area (Å²) in [6, 6.07) is 13.3. The molecule has 0 spiro atoms. The molecule has 0 bridgehead atoms. The first kappa shape index (κ1) is 11.7. The van der Waals surface area contributed by atoms with Crippen molar-refractivity contribution in [1.82, 2.24) is 4.57 Å². The number of benzene rings is 2. The molecule has 0 radical (unpaired) electrons. The van der Waals surface area contributed by atoms with Crippen molar-refractivity contribution in [2.45, 2.75) is 0 Å². The average Bonchev–Trinajstić information content (AvgIpc) is 2.74. The molecule has 5 heteroatoms. The molecule has 0 aliphatic rings. The molecule has 0 aliphatic heterocycles. The zero-order valence-corrected chi connectivity index (χ0v) is 10.4. The third-order valence-corrected chi connectivity index (χ3v) is 3.12. The summed E-state index contributed by atoms with van der Waals surface area (Å²) >= 11 is 5.97. The normalized spacial score (nSPS) is 10.8. The maximum Gasteiger partial charge on any atom is 0.427 e. The van der Waals surface area contributed by atoms with Gasteiger partial charge in [-0.15, -0.1) is 0 Å². The van der Waals surface area contributed by atoms with E-state index in [2.05, 4.69) is 0 Å². The number of carbonyl (C=O) groups excluding carboxylic acids is 1. The Bertz CT molecular complexity index is 832. The van der Waals surface area contributed by atoms with Gasteiger partial charge >= 0.3 is 5.76 Å². The molecule has 4 nitrogen and oxygen atoms in total. The molecule has 0 N–H and O–H groups in total. The van der Waals surface area contributed by atoms with Crippen molar-refractivity contribution in [3.8, 4) is 0 Å². The van der Waals surface area contributed by atoms with Crippen LogP contribution in [0.2, 0.25) is 5.02 Å². The van der Waals surface area contributed by atoms with Crippen LogP contribution in [0.3, 0.4) is 0 Å². The Labute approximate surface area is 112 Å². The lowest BCUT2D eigenvalue weighted by molar-refractivity contribution is 0.0956. The molecular weight excluding hydrogens is 266 g/mol. The first-order valence-corrected chi connectivity index (χ1v) is 5.96. The maximum absolute atomic E-state index is 12.4. The number of hydrogen-bond acceptors (Lipinski definition) is 3. The van der Waals surface area contributed by atoms with Gasteiger partial charge in [-0.2, -0.15) is 0 Å². The summed E-state index contributed by atoms with van der Waals surface area (Å²) in [7, 11) is 0. The SMILES string of the molecule is O=C(c1ccccc1Cl)n1c(=O)oc2ccccc21. The summed E-state index contributed by atoms with van der Waals surface area (Å²) in [6.07, 6.45) is 0. The predicted octanol–water partition coefficient (Wildman–Crippen LogP) is 2.94. The van der Waals surface area contributed by atoms with E-state index >= 15 is 0 Å². The molecule has 0 fully saturated rings. The number of aromatic nitrogens is 1. The molecule has 0 unspecified atom stereocenters. The van der Waals surface area contributed by atoms with Gasteiger partial charge in [0.2, 0.25) is 0 Å². The van der Waals surface area contributed by atoms with Crippen molar-refractivity contribution >= 4 is 28.6 Å². The van der Waals surface area contributed by atoms with E-state index in [1.807, 2.05) is 0 Å². The van der Waals surface area contributed by atoms with Crippen LogP contribution in [0.15, 0.2) is 57.7 Å². The van der Waals surface area contributed by atoms with E-state index in [0.29, 0.717) is 16.1 Å². The molecule has 1 heterocycles. The molecule has 94 valence electrons. The molecule has 1 aromatic heterocycles. The minimum absolute atomic E-state index is 0.262. The number of carbonyl (C=O) groups is 1. The van der Waals surface area contributed by atoms with Crippen molar-refractivity contribution < 1.29 is 9.21 Å². The number of nitrogens with zero attached hydrogens (tertiary/aromatic N) is 1. The van der Waals surface area contributed by atoms with Crippen LogP contribution in [0.4, 0.5) is 0 Å². The first-order chi connectivity index (χ1) is 9.18. The van der Waals surface area contributed by atoms with Crippen molar-refractivity contribution in [1.29, 1.82) is 0 Å². The topological polar surface area (TPSA) is 52.2 Å². The number of fused-ring (bicyclic) bond motifs is 1. The maximum atomic E-state index is 12.4. The summed E-state index contributed by atoms with van der Waals surface area (Å²) in [5.41, 5.74) is 1.06. The Morgan fingerprint density at radius 1 is 1.05 bits per heavy atom. The fourth-order valence-electron chi connectivity index (χ4n) is 1.91. The lowest BCUT2D eigenvalue weighted by atomic mass is 10.2. The number of rotatable bonds is 1. The van der Waals surface area contributed by atoms with Crippen molar-refractivity contribution in [2.75, 3.05) is 0 Å². The van der Waals surface area contributed by atoms with Gasteiger partial charge < -0.3 is 4.42 Å². The molecule has 3 rings (SSSR count). The first-order valence-electron chi connectivity index (χ1n) is 5.58. The average molecular weight is 274 g/mol. The van der Waals surface area contributed by atoms with E-state index in [1.54, 1.807) is 48.5 Å². The van der Waals surface area contributed by atoms with E-state index in [-0.39, 0.29) is 5.56 Å². The minimum Gasteiger partial charge on any atom is -0.407 e. The van der Waals surface area contributed by atoms with Gasteiger partial charge in [0.1, 0.15) is 0 Å². The molecule has 0 atom stereocenters. The Morgan fingerprint density at radius 2 is 1.74 bits per heavy atom. The standard InChI is InChI=1S/C14H8ClNO3/c15-10-6-2-1-5-9(10)13(17)16-11-7-3-4-8-12(11)19-14(16)18/h1-8H. The minimum atomic E-state index is -0.717. The quantitative estimate of drug-likeness (QED) is 0.685. The Balaban J connectivity index is 2.26. The highest BCUT2D eigenvalue weighted by atomic mass is 35.5. The van der Waals surface area contributed by atoms with Gasteiger partial charge in [0.25, 0.3) is 5.91 Å². The number of oxazole rings is 1. The number of halogens is 1. The van der Waals surface area contributed by atoms with Crippen LogP contribution in [0.5, 0.6) is 0 Å². The zero-order chi connectivity index (χ0) is 13.4. The summed E-state index contributed by atoms with van der Waals surface area (Å²) in [5, 5.41) is 0.296. The van der Waals surface area contributed by atoms with E-state index in [9.17, 15) is 9.59 Å². The Hall–Kier alpha value is -2.33. The van der Waals surface area contributed by atoms with Crippen LogP contribution in [-0.4, -0.2) is 10.5 Å². The Morgan fingerprint density at radius 3 is 2.53 bits per heavy atom. The van der Waals surface area contributed by atoms with Gasteiger partial charge in [-0.25, -0.2) is 9.36 Å². The summed E-state index contributed by atoms with van der Waals surface area (Å²) < 4.78 is 6.01. The third kappa shape index (κ3) is 1.86. The second-order valence-corrected chi connectivity index (χ2v) is 4.36. The summed E-state index contributed by atoms with van der Waals surface area (Å²) in [6.45, 7) is 0. The van der Waals surface area contributed by atoms with Gasteiger partial charge in [-0.3, -0.25) is 4.79 Å². The van der Waals surface area contributed by atoms with Crippen molar-refractivity contribution in [2.24, 2.45) is 0 Å². The molecule has 3 aromatic rings. The van der Waals surface area contributed by atoms with Gasteiger partial charge in [-0.1, -0.05) is 35.9 Å². The number of hydrogen-bond donors (Lipinski definition) is 0. The third-order valence-electron chi connectivity index (χ3n) is 2.79. The summed E-state index contributed by atoms with van der Waals surface area (Å²) in [5.74, 6) is -1.22. The lowest BCUT2D eigenvalue weighted by Gasteiger charge is -2.03. The van der Waals surface area contributed by atoms with E-state index in [0.717, 1.165) is 4.57 Å². The fraction of sp³-hybridized carbons (Fsp3) is 0. The Kier molecular flexibility index (Phi) is 2.72. The van der Waals surface area contributed by atoms with Crippen LogP contribution >= 0.6 is 11.6 Å². The highest BCUT2D eigenvalue weighted by Gasteiger charge is 2.19. The second-order valence-electron chi connectivity index (χ2n) is 3.96. The predicted molar refractivity (Wildman–Crippen MR) is 71.7 cm³/mol. The van der Waals surface area contributed by atoms with E-state index in [1.165, 1.54) is 0 Å². The van der Waals surface area contributed by atoms with E-state index < -0.39 is 11.7 Å². The molecule has 0 saturated carbocycles. The van der Waals surface area contributed by atoms with Crippen LogP contribution in [0.25, 0.3) is 11.1 Å². The zero-order valence-electron chi connectivity index (χ0n) is 9.67. The van der Waals surface area contributed by atoms with E-state index in [4.69, 9.17) is 16.0 Å². The molecule has 0 aliphatic carbocycles. The van der Waals surface area contributed by atoms with Crippen LogP contribution < -0.4 is 5.76 Å². The molecular formula is C14H8ClNO3. The van der Waals surface area contributed by atoms with Crippen LogP contribution in [-0.2, 0) is 0 Å². The van der Waals surface area contributed by atoms with Gasteiger partial charge in [0.05, 0.1) is 16.1 Å². The van der Waals surface area contributed by atoms with Gasteiger partial charge in [0, 0.05) is 0 Å². The lowest BCUT2D eigenvalue weighted by Crippen LogP contribution is -2.23. The second kappa shape index (κ2) is 4.40.